The standard InChI is InChI=1S/C17H25N5O2/c1-12(2)10-19-16-11-20-22-17(21-16)18-8-7-13-5-6-14(23-3)15(9-13)24-4/h5-6,9,11-12H,7-8,10H2,1-4H3,(H2,18,19,21,22). The van der Waals surface area contributed by atoms with E-state index in [1.165, 1.54) is 0 Å². The first-order chi connectivity index (χ1) is 11.6. The average molecular weight is 331 g/mol. The van der Waals surface area contributed by atoms with E-state index >= 15 is 0 Å². The molecule has 0 spiro atoms. The summed E-state index contributed by atoms with van der Waals surface area (Å²) in [6.45, 7) is 5.84. The summed E-state index contributed by atoms with van der Waals surface area (Å²) in [5.41, 5.74) is 1.14. The summed E-state index contributed by atoms with van der Waals surface area (Å²) in [4.78, 5) is 4.40. The van der Waals surface area contributed by atoms with Gasteiger partial charge < -0.3 is 20.1 Å². The van der Waals surface area contributed by atoms with Crippen LogP contribution >= 0.6 is 0 Å². The van der Waals surface area contributed by atoms with Crippen LogP contribution < -0.4 is 20.1 Å². The Labute approximate surface area is 142 Å². The van der Waals surface area contributed by atoms with Crippen molar-refractivity contribution in [3.63, 3.8) is 0 Å². The van der Waals surface area contributed by atoms with E-state index in [0.29, 0.717) is 18.4 Å². The first-order valence-corrected chi connectivity index (χ1v) is 8.00. The number of aromatic nitrogens is 3. The summed E-state index contributed by atoms with van der Waals surface area (Å²) in [7, 11) is 3.26. The van der Waals surface area contributed by atoms with Gasteiger partial charge in [0.15, 0.2) is 17.3 Å². The molecule has 0 aliphatic heterocycles. The second kappa shape index (κ2) is 8.90. The van der Waals surface area contributed by atoms with Gasteiger partial charge in [0.05, 0.1) is 20.4 Å². The van der Waals surface area contributed by atoms with Gasteiger partial charge in [-0.05, 0) is 30.0 Å². The van der Waals surface area contributed by atoms with E-state index in [9.17, 15) is 0 Å². The molecule has 1 heterocycles. The van der Waals surface area contributed by atoms with Gasteiger partial charge in [0.2, 0.25) is 5.95 Å². The number of hydrogen-bond donors (Lipinski definition) is 2. The molecule has 0 radical (unpaired) electrons. The predicted molar refractivity (Wildman–Crippen MR) is 94.9 cm³/mol. The quantitative estimate of drug-likeness (QED) is 0.731. The van der Waals surface area contributed by atoms with Crippen LogP contribution in [0.15, 0.2) is 24.4 Å². The van der Waals surface area contributed by atoms with Gasteiger partial charge in [-0.25, -0.2) is 0 Å². The third kappa shape index (κ3) is 5.26. The lowest BCUT2D eigenvalue weighted by molar-refractivity contribution is 0.354. The topological polar surface area (TPSA) is 81.2 Å². The molecule has 2 N–H and O–H groups in total. The molecule has 7 nitrogen and oxygen atoms in total. The zero-order chi connectivity index (χ0) is 17.4. The third-order valence-electron chi connectivity index (χ3n) is 3.39. The molecule has 2 aromatic rings. The monoisotopic (exact) mass is 331 g/mol. The maximum absolute atomic E-state index is 5.32. The fourth-order valence-electron chi connectivity index (χ4n) is 2.13. The van der Waals surface area contributed by atoms with Gasteiger partial charge in [0, 0.05) is 13.1 Å². The van der Waals surface area contributed by atoms with E-state index in [4.69, 9.17) is 9.47 Å². The summed E-state index contributed by atoms with van der Waals surface area (Å²) in [6, 6.07) is 5.89. The Morgan fingerprint density at radius 2 is 1.88 bits per heavy atom. The molecule has 0 aliphatic carbocycles. The molecule has 1 aromatic carbocycles. The Morgan fingerprint density at radius 1 is 1.08 bits per heavy atom. The zero-order valence-corrected chi connectivity index (χ0v) is 14.7. The largest absolute Gasteiger partial charge is 0.493 e. The zero-order valence-electron chi connectivity index (χ0n) is 14.7. The van der Waals surface area contributed by atoms with E-state index in [2.05, 4.69) is 39.7 Å². The van der Waals surface area contributed by atoms with Crippen molar-refractivity contribution in [1.82, 2.24) is 15.2 Å². The molecular formula is C17H25N5O2. The first-order valence-electron chi connectivity index (χ1n) is 8.00. The molecule has 0 saturated carbocycles. The van der Waals surface area contributed by atoms with Crippen LogP contribution in [-0.4, -0.2) is 42.5 Å². The van der Waals surface area contributed by atoms with Crippen molar-refractivity contribution in [2.24, 2.45) is 5.92 Å². The molecule has 0 unspecified atom stereocenters. The maximum atomic E-state index is 5.32. The van der Waals surface area contributed by atoms with Crippen LogP contribution in [0.25, 0.3) is 0 Å². The van der Waals surface area contributed by atoms with Crippen LogP contribution in [0.4, 0.5) is 11.8 Å². The van der Waals surface area contributed by atoms with Crippen LogP contribution in [0.3, 0.4) is 0 Å². The highest BCUT2D eigenvalue weighted by molar-refractivity contribution is 5.43. The van der Waals surface area contributed by atoms with Crippen molar-refractivity contribution in [2.75, 3.05) is 37.9 Å². The van der Waals surface area contributed by atoms with Crippen LogP contribution in [0.2, 0.25) is 0 Å². The van der Waals surface area contributed by atoms with Crippen LogP contribution in [0.1, 0.15) is 19.4 Å². The predicted octanol–water partition coefficient (Wildman–Crippen LogP) is 2.61. The number of ether oxygens (including phenoxy) is 2. The van der Waals surface area contributed by atoms with E-state index in [1.54, 1.807) is 20.4 Å². The lowest BCUT2D eigenvalue weighted by Crippen LogP contribution is -2.13. The highest BCUT2D eigenvalue weighted by atomic mass is 16.5. The molecule has 0 bridgehead atoms. The molecule has 24 heavy (non-hydrogen) atoms. The Morgan fingerprint density at radius 3 is 2.58 bits per heavy atom. The normalized spacial score (nSPS) is 10.5. The number of methoxy groups -OCH3 is 2. The molecule has 7 heteroatoms. The van der Waals surface area contributed by atoms with E-state index in [1.807, 2.05) is 18.2 Å². The van der Waals surface area contributed by atoms with Gasteiger partial charge in [-0.15, -0.1) is 5.10 Å². The van der Waals surface area contributed by atoms with Gasteiger partial charge in [-0.2, -0.15) is 10.1 Å². The minimum atomic E-state index is 0.518. The molecule has 2 rings (SSSR count). The Hall–Kier alpha value is -2.57. The van der Waals surface area contributed by atoms with Crippen molar-refractivity contribution in [2.45, 2.75) is 20.3 Å². The Bertz CT molecular complexity index is 649. The molecule has 0 aliphatic rings. The lowest BCUT2D eigenvalue weighted by atomic mass is 10.1. The molecule has 1 aromatic heterocycles. The van der Waals surface area contributed by atoms with Gasteiger partial charge >= 0.3 is 0 Å². The molecule has 0 amide bonds. The van der Waals surface area contributed by atoms with Crippen molar-refractivity contribution in [1.29, 1.82) is 0 Å². The highest BCUT2D eigenvalue weighted by Crippen LogP contribution is 2.27. The molecule has 0 saturated heterocycles. The number of nitrogens with zero attached hydrogens (tertiary/aromatic N) is 3. The van der Waals surface area contributed by atoms with Gasteiger partial charge in [0.25, 0.3) is 0 Å². The second-order valence-corrected chi connectivity index (χ2v) is 5.81. The number of benzene rings is 1. The van der Waals surface area contributed by atoms with Crippen molar-refractivity contribution in [3.8, 4) is 11.5 Å². The maximum Gasteiger partial charge on any atom is 0.244 e. The van der Waals surface area contributed by atoms with E-state index < -0.39 is 0 Å². The van der Waals surface area contributed by atoms with Gasteiger partial charge in [-0.3, -0.25) is 0 Å². The Balaban J connectivity index is 1.89. The lowest BCUT2D eigenvalue weighted by Gasteiger charge is -2.11. The van der Waals surface area contributed by atoms with Crippen molar-refractivity contribution < 1.29 is 9.47 Å². The van der Waals surface area contributed by atoms with Crippen LogP contribution in [0.5, 0.6) is 11.5 Å². The Kier molecular flexibility index (Phi) is 6.60. The number of nitrogens with one attached hydrogen (secondary N) is 2. The summed E-state index contributed by atoms with van der Waals surface area (Å²) < 4.78 is 10.6. The number of hydrogen-bond acceptors (Lipinski definition) is 7. The van der Waals surface area contributed by atoms with Crippen molar-refractivity contribution in [3.05, 3.63) is 30.0 Å². The smallest absolute Gasteiger partial charge is 0.244 e. The minimum Gasteiger partial charge on any atom is -0.493 e. The molecule has 130 valence electrons. The molecule has 0 fully saturated rings. The summed E-state index contributed by atoms with van der Waals surface area (Å²) in [6.07, 6.45) is 2.44. The minimum absolute atomic E-state index is 0.518. The third-order valence-corrected chi connectivity index (χ3v) is 3.39. The van der Waals surface area contributed by atoms with Crippen LogP contribution in [0, 0.1) is 5.92 Å². The summed E-state index contributed by atoms with van der Waals surface area (Å²) >= 11 is 0. The van der Waals surface area contributed by atoms with Gasteiger partial charge in [-0.1, -0.05) is 19.9 Å². The second-order valence-electron chi connectivity index (χ2n) is 5.81. The van der Waals surface area contributed by atoms with Gasteiger partial charge in [0.1, 0.15) is 0 Å². The summed E-state index contributed by atoms with van der Waals surface area (Å²) in [5, 5.41) is 14.4. The van der Waals surface area contributed by atoms with Crippen molar-refractivity contribution >= 4 is 11.8 Å². The summed E-state index contributed by atoms with van der Waals surface area (Å²) in [5.74, 6) is 3.25. The van der Waals surface area contributed by atoms with E-state index in [0.717, 1.165) is 35.8 Å². The number of anilines is 2. The molecule has 0 atom stereocenters. The van der Waals surface area contributed by atoms with E-state index in [-0.39, 0.29) is 0 Å². The first kappa shape index (κ1) is 17.8. The molecular weight excluding hydrogens is 306 g/mol. The average Bonchev–Trinajstić information content (AvgIpc) is 2.60. The van der Waals surface area contributed by atoms with Crippen LogP contribution in [-0.2, 0) is 6.42 Å². The SMILES string of the molecule is COc1ccc(CCNc2nncc(NCC(C)C)n2)cc1OC. The fraction of sp³-hybridized carbons (Fsp3) is 0.471. The fourth-order valence-corrected chi connectivity index (χ4v) is 2.13. The highest BCUT2D eigenvalue weighted by Gasteiger charge is 2.05. The number of rotatable bonds is 9.